The number of amides is 3. The van der Waals surface area contributed by atoms with E-state index < -0.39 is 34.1 Å². The first-order valence-electron chi connectivity index (χ1n) is 16.2. The Hall–Kier alpha value is -3.72. The number of nitrogens with one attached hydrogen (secondary N) is 2. The van der Waals surface area contributed by atoms with Crippen LogP contribution in [-0.2, 0) is 27.8 Å². The van der Waals surface area contributed by atoms with Crippen molar-refractivity contribution in [3.63, 3.8) is 0 Å². The van der Waals surface area contributed by atoms with Gasteiger partial charge in [0, 0.05) is 38.6 Å². The zero-order valence-corrected chi connectivity index (χ0v) is 30.1. The van der Waals surface area contributed by atoms with Crippen LogP contribution in [-0.4, -0.2) is 101 Å². The van der Waals surface area contributed by atoms with Gasteiger partial charge >= 0.3 is 6.03 Å². The predicted molar refractivity (Wildman–Crippen MR) is 187 cm³/mol. The summed E-state index contributed by atoms with van der Waals surface area (Å²) in [7, 11) is -2.53. The molecule has 1 fully saturated rings. The number of carbonyl (C=O) groups is 2. The van der Waals surface area contributed by atoms with Gasteiger partial charge in [-0.25, -0.2) is 18.2 Å². The molecule has 0 radical (unpaired) electrons. The Labute approximate surface area is 287 Å². The van der Waals surface area contributed by atoms with Gasteiger partial charge in [-0.2, -0.15) is 4.31 Å². The summed E-state index contributed by atoms with van der Waals surface area (Å²) in [6.45, 7) is 10.4. The number of nitrogens with zero attached hydrogens (tertiary/aromatic N) is 4. The van der Waals surface area contributed by atoms with Crippen molar-refractivity contribution in [3.8, 4) is 5.75 Å². The smallest absolute Gasteiger partial charge is 0.321 e. The lowest BCUT2D eigenvalue weighted by molar-refractivity contribution is -0.128. The average molecular weight is 701 g/mol. The number of thiazole rings is 1. The molecule has 3 amide bonds. The first-order chi connectivity index (χ1) is 22.7. The van der Waals surface area contributed by atoms with Crippen LogP contribution in [0.25, 0.3) is 0 Å². The van der Waals surface area contributed by atoms with E-state index >= 15 is 0 Å². The highest BCUT2D eigenvalue weighted by Gasteiger charge is 2.40. The maximum atomic E-state index is 14.1. The number of aromatic nitrogens is 1. The Kier molecular flexibility index (Phi) is 12.5. The van der Waals surface area contributed by atoms with Crippen LogP contribution >= 0.6 is 11.3 Å². The SMILES string of the molecule is CNc1cc(S(=O)(=O)N(CC(C)C)C[C@@H](O)[C@H](Cc2ccccc2)NC(=O)C(C(C)C)N2CCN(Cc3csc(C)n3)C2=O)ccc1O. The predicted octanol–water partition coefficient (Wildman–Crippen LogP) is 3.90. The highest BCUT2D eigenvalue weighted by molar-refractivity contribution is 7.89. The lowest BCUT2D eigenvalue weighted by atomic mass is 9.97. The van der Waals surface area contributed by atoms with Crippen molar-refractivity contribution in [3.05, 3.63) is 70.2 Å². The number of anilines is 1. The summed E-state index contributed by atoms with van der Waals surface area (Å²) in [5, 5.41) is 30.5. The summed E-state index contributed by atoms with van der Waals surface area (Å²) in [5.74, 6) is -0.813. The third-order valence-electron chi connectivity index (χ3n) is 8.31. The highest BCUT2D eigenvalue weighted by Crippen LogP contribution is 2.28. The number of hydrogen-bond acceptors (Lipinski definition) is 9. The van der Waals surface area contributed by atoms with Crippen LogP contribution in [0, 0.1) is 18.8 Å². The Bertz CT molecular complexity index is 1650. The van der Waals surface area contributed by atoms with Crippen LogP contribution in [0.1, 0.15) is 44.0 Å². The Morgan fingerprint density at radius 3 is 2.40 bits per heavy atom. The van der Waals surface area contributed by atoms with Crippen molar-refractivity contribution in [2.45, 2.75) is 70.7 Å². The van der Waals surface area contributed by atoms with E-state index in [9.17, 15) is 28.2 Å². The fraction of sp³-hybridized carbons (Fsp3) is 0.500. The zero-order chi connectivity index (χ0) is 35.2. The number of aliphatic hydroxyl groups excluding tert-OH is 1. The molecule has 3 aromatic rings. The molecule has 48 heavy (non-hydrogen) atoms. The van der Waals surface area contributed by atoms with E-state index in [1.165, 1.54) is 33.8 Å². The van der Waals surface area contributed by atoms with Crippen LogP contribution < -0.4 is 10.6 Å². The molecule has 1 saturated heterocycles. The molecular weight excluding hydrogens is 653 g/mol. The molecule has 2 heterocycles. The number of carbonyl (C=O) groups excluding carboxylic acids is 2. The molecule has 4 N–H and O–H groups in total. The monoisotopic (exact) mass is 700 g/mol. The first kappa shape index (κ1) is 37.1. The van der Waals surface area contributed by atoms with E-state index in [4.69, 9.17) is 0 Å². The van der Waals surface area contributed by atoms with E-state index in [0.29, 0.717) is 19.6 Å². The average Bonchev–Trinajstić information content (AvgIpc) is 3.61. The molecule has 14 heteroatoms. The third kappa shape index (κ3) is 9.04. The molecular formula is C34H48N6O6S2. The minimum atomic E-state index is -4.11. The minimum Gasteiger partial charge on any atom is -0.506 e. The molecule has 3 atom stereocenters. The summed E-state index contributed by atoms with van der Waals surface area (Å²) in [4.78, 5) is 35.3. The van der Waals surface area contributed by atoms with E-state index in [2.05, 4.69) is 15.6 Å². The van der Waals surface area contributed by atoms with Crippen molar-refractivity contribution in [1.29, 1.82) is 0 Å². The molecule has 1 unspecified atom stereocenters. The van der Waals surface area contributed by atoms with E-state index in [1.807, 2.05) is 70.3 Å². The van der Waals surface area contributed by atoms with Gasteiger partial charge < -0.3 is 30.6 Å². The molecule has 2 aromatic carbocycles. The summed E-state index contributed by atoms with van der Waals surface area (Å²) >= 11 is 1.52. The molecule has 4 rings (SSSR count). The van der Waals surface area contributed by atoms with E-state index in [0.717, 1.165) is 16.3 Å². The van der Waals surface area contributed by atoms with Crippen LogP contribution in [0.2, 0.25) is 0 Å². The van der Waals surface area contributed by atoms with Crippen LogP contribution in [0.5, 0.6) is 5.75 Å². The van der Waals surface area contributed by atoms with Crippen LogP contribution in [0.3, 0.4) is 0 Å². The lowest BCUT2D eigenvalue weighted by Gasteiger charge is -2.34. The molecule has 1 aromatic heterocycles. The van der Waals surface area contributed by atoms with E-state index in [-0.39, 0.29) is 53.7 Å². The number of rotatable bonds is 16. The number of hydrogen-bond donors (Lipinski definition) is 4. The van der Waals surface area contributed by atoms with Crippen molar-refractivity contribution < 1.29 is 28.2 Å². The molecule has 0 aliphatic carbocycles. The van der Waals surface area contributed by atoms with Gasteiger partial charge in [0.15, 0.2) is 0 Å². The van der Waals surface area contributed by atoms with Crippen LogP contribution in [0.15, 0.2) is 58.8 Å². The number of sulfonamides is 1. The van der Waals surface area contributed by atoms with Crippen LogP contribution in [0.4, 0.5) is 10.5 Å². The number of phenols is 1. The van der Waals surface area contributed by atoms with Gasteiger partial charge in [0.25, 0.3) is 0 Å². The first-order valence-corrected chi connectivity index (χ1v) is 18.5. The van der Waals surface area contributed by atoms with Crippen molar-refractivity contribution in [2.75, 3.05) is 38.5 Å². The standard InChI is InChI=1S/C34H48N6O6S2/c1-22(2)18-39(48(45,46)27-12-13-30(41)28(17-27)35-6)20-31(42)29(16-25-10-8-7-9-11-25)37-33(43)32(23(3)4)40-15-14-38(34(40)44)19-26-21-47-24(5)36-26/h7-13,17,21-23,29,31-32,35,41-42H,14-16,18-20H2,1-6H3,(H,37,43)/t29-,31+,32?/m0/s1. The summed E-state index contributed by atoms with van der Waals surface area (Å²) in [6, 6.07) is 11.4. The zero-order valence-electron chi connectivity index (χ0n) is 28.5. The Morgan fingerprint density at radius 1 is 1.08 bits per heavy atom. The molecule has 262 valence electrons. The lowest BCUT2D eigenvalue weighted by Crippen LogP contribution is -2.57. The summed E-state index contributed by atoms with van der Waals surface area (Å²) in [5.41, 5.74) is 1.91. The second-order valence-electron chi connectivity index (χ2n) is 13.0. The fourth-order valence-electron chi connectivity index (χ4n) is 5.94. The fourth-order valence-corrected chi connectivity index (χ4v) is 8.20. The van der Waals surface area contributed by atoms with Gasteiger partial charge in [-0.3, -0.25) is 4.79 Å². The number of benzene rings is 2. The third-order valence-corrected chi connectivity index (χ3v) is 11.0. The Morgan fingerprint density at radius 2 is 1.79 bits per heavy atom. The number of aliphatic hydroxyl groups is 1. The normalized spacial score (nSPS) is 15.8. The topological polar surface area (TPSA) is 155 Å². The molecule has 1 aliphatic heterocycles. The maximum Gasteiger partial charge on any atom is 0.321 e. The second-order valence-corrected chi connectivity index (χ2v) is 16.0. The van der Waals surface area contributed by atoms with Gasteiger partial charge in [0.2, 0.25) is 15.9 Å². The largest absolute Gasteiger partial charge is 0.506 e. The number of aromatic hydroxyl groups is 1. The summed E-state index contributed by atoms with van der Waals surface area (Å²) < 4.78 is 29.1. The second kappa shape index (κ2) is 16.1. The van der Waals surface area contributed by atoms with Gasteiger partial charge in [-0.15, -0.1) is 11.3 Å². The number of urea groups is 1. The van der Waals surface area contributed by atoms with Gasteiger partial charge in [-0.1, -0.05) is 58.0 Å². The maximum absolute atomic E-state index is 14.1. The molecule has 0 saturated carbocycles. The Balaban J connectivity index is 1.58. The highest BCUT2D eigenvalue weighted by atomic mass is 32.2. The van der Waals surface area contributed by atoms with E-state index in [1.54, 1.807) is 16.8 Å². The number of aryl methyl sites for hydroxylation is 1. The van der Waals surface area contributed by atoms with Gasteiger partial charge in [0.05, 0.1) is 40.0 Å². The van der Waals surface area contributed by atoms with Crippen molar-refractivity contribution in [2.24, 2.45) is 11.8 Å². The quantitative estimate of drug-likeness (QED) is 0.164. The molecule has 1 aliphatic rings. The van der Waals surface area contributed by atoms with Gasteiger partial charge in [-0.05, 0) is 48.9 Å². The molecule has 12 nitrogen and oxygen atoms in total. The molecule has 0 bridgehead atoms. The van der Waals surface area contributed by atoms with Gasteiger partial charge in [0.1, 0.15) is 11.8 Å². The van der Waals surface area contributed by atoms with Crippen molar-refractivity contribution >= 4 is 39.0 Å². The minimum absolute atomic E-state index is 0.0362. The molecule has 0 spiro atoms. The summed E-state index contributed by atoms with van der Waals surface area (Å²) in [6.07, 6.45) is -1.06. The number of phenolic OH excluding ortho intramolecular Hbond substituents is 1. The van der Waals surface area contributed by atoms with Crippen molar-refractivity contribution in [1.82, 2.24) is 24.4 Å².